The van der Waals surface area contributed by atoms with Gasteiger partial charge in [0.25, 0.3) is 0 Å². The molecular formula is C18H13NO3. The molecule has 4 atom stereocenters. The highest BCUT2D eigenvalue weighted by Crippen LogP contribution is 2.47. The van der Waals surface area contributed by atoms with Crippen LogP contribution in [0.2, 0.25) is 0 Å². The average Bonchev–Trinajstić information content (AvgIpc) is 3.21. The summed E-state index contributed by atoms with van der Waals surface area (Å²) in [5.74, 6) is -0.991. The molecule has 3 aliphatic heterocycles. The minimum Gasteiger partial charge on any atom is -0.365 e. The molecule has 2 saturated heterocycles. The summed E-state index contributed by atoms with van der Waals surface area (Å²) in [7, 11) is 0. The Morgan fingerprint density at radius 2 is 1.45 bits per heavy atom. The normalized spacial score (nSPS) is 32.3. The van der Waals surface area contributed by atoms with Crippen LogP contribution in [0, 0.1) is 11.8 Å². The number of rotatable bonds is 1. The van der Waals surface area contributed by atoms with Gasteiger partial charge in [0.2, 0.25) is 11.8 Å². The Bertz CT molecular complexity index is 821. The second-order valence-corrected chi connectivity index (χ2v) is 6.01. The van der Waals surface area contributed by atoms with E-state index in [1.165, 1.54) is 4.90 Å². The Kier molecular flexibility index (Phi) is 2.23. The summed E-state index contributed by atoms with van der Waals surface area (Å²) >= 11 is 0. The average molecular weight is 291 g/mol. The first-order valence-corrected chi connectivity index (χ1v) is 7.45. The smallest absolute Gasteiger partial charge is 0.240 e. The highest BCUT2D eigenvalue weighted by molar-refractivity contribution is 6.25. The van der Waals surface area contributed by atoms with Crippen LogP contribution in [-0.4, -0.2) is 24.0 Å². The maximum Gasteiger partial charge on any atom is 0.240 e. The summed E-state index contributed by atoms with van der Waals surface area (Å²) in [5, 5.41) is 1.95. The van der Waals surface area contributed by atoms with E-state index < -0.39 is 0 Å². The first-order valence-electron chi connectivity index (χ1n) is 7.45. The van der Waals surface area contributed by atoms with E-state index in [1.54, 1.807) is 0 Å². The van der Waals surface area contributed by atoms with Gasteiger partial charge in [0, 0.05) is 5.39 Å². The first kappa shape index (κ1) is 12.1. The molecule has 4 nitrogen and oxygen atoms in total. The molecular weight excluding hydrogens is 278 g/mol. The standard InChI is InChI=1S/C18H13NO3/c20-17-15-13-8-9-14(22-13)16(15)18(21)19(17)12-7-3-5-10-4-1-2-6-11(10)12/h1-9,13-16H/t13-,14-,15-,16-/m1/s1. The van der Waals surface area contributed by atoms with Crippen molar-refractivity contribution in [3.8, 4) is 0 Å². The number of amides is 2. The number of carbonyl (C=O) groups excluding carboxylic acids is 2. The molecule has 0 radical (unpaired) electrons. The van der Waals surface area contributed by atoms with E-state index in [-0.39, 0.29) is 35.9 Å². The molecule has 0 unspecified atom stereocenters. The van der Waals surface area contributed by atoms with Crippen molar-refractivity contribution in [2.75, 3.05) is 4.90 Å². The van der Waals surface area contributed by atoms with Crippen LogP contribution in [0.15, 0.2) is 54.6 Å². The maximum absolute atomic E-state index is 12.8. The lowest BCUT2D eigenvalue weighted by Gasteiger charge is -2.19. The van der Waals surface area contributed by atoms with Gasteiger partial charge in [-0.1, -0.05) is 48.6 Å². The van der Waals surface area contributed by atoms with E-state index in [1.807, 2.05) is 54.6 Å². The van der Waals surface area contributed by atoms with E-state index >= 15 is 0 Å². The van der Waals surface area contributed by atoms with E-state index in [4.69, 9.17) is 4.74 Å². The highest BCUT2D eigenvalue weighted by Gasteiger charge is 2.61. The quantitative estimate of drug-likeness (QED) is 0.598. The van der Waals surface area contributed by atoms with Crippen LogP contribution >= 0.6 is 0 Å². The van der Waals surface area contributed by atoms with Gasteiger partial charge in [-0.15, -0.1) is 0 Å². The Labute approximate surface area is 127 Å². The summed E-state index contributed by atoms with van der Waals surface area (Å²) in [6.45, 7) is 0. The third-order valence-corrected chi connectivity index (χ3v) is 4.92. The Hall–Kier alpha value is -2.46. The van der Waals surface area contributed by atoms with E-state index in [0.717, 1.165) is 10.8 Å². The molecule has 0 spiro atoms. The van der Waals surface area contributed by atoms with Crippen molar-refractivity contribution in [2.45, 2.75) is 12.2 Å². The Morgan fingerprint density at radius 1 is 0.818 bits per heavy atom. The second kappa shape index (κ2) is 4.05. The van der Waals surface area contributed by atoms with Crippen LogP contribution in [0.1, 0.15) is 0 Å². The maximum atomic E-state index is 12.8. The fourth-order valence-corrected chi connectivity index (χ4v) is 3.94. The molecule has 5 rings (SSSR count). The van der Waals surface area contributed by atoms with Crippen molar-refractivity contribution >= 4 is 28.3 Å². The molecule has 0 N–H and O–H groups in total. The van der Waals surface area contributed by atoms with E-state index in [0.29, 0.717) is 5.69 Å². The van der Waals surface area contributed by atoms with Gasteiger partial charge in [-0.25, -0.2) is 4.90 Å². The van der Waals surface area contributed by atoms with Crippen molar-refractivity contribution in [2.24, 2.45) is 11.8 Å². The van der Waals surface area contributed by atoms with Gasteiger partial charge in [-0.05, 0) is 11.5 Å². The van der Waals surface area contributed by atoms with Crippen LogP contribution < -0.4 is 4.90 Å². The number of anilines is 1. The van der Waals surface area contributed by atoms with Crippen LogP contribution in [0.5, 0.6) is 0 Å². The number of benzene rings is 2. The highest BCUT2D eigenvalue weighted by atomic mass is 16.5. The minimum atomic E-state index is -0.360. The summed E-state index contributed by atoms with van der Waals surface area (Å²) in [6, 6.07) is 13.5. The summed E-state index contributed by atoms with van der Waals surface area (Å²) in [6.07, 6.45) is 3.32. The molecule has 2 bridgehead atoms. The third kappa shape index (κ3) is 1.35. The molecule has 2 amide bonds. The molecule has 3 aliphatic rings. The molecule has 0 saturated carbocycles. The lowest BCUT2D eigenvalue weighted by atomic mass is 9.85. The number of hydrogen-bond donors (Lipinski definition) is 0. The Morgan fingerprint density at radius 3 is 2.18 bits per heavy atom. The van der Waals surface area contributed by atoms with E-state index in [2.05, 4.69) is 0 Å². The SMILES string of the molecule is O=C1[C@H]2[C@H](C(=O)N1c1cccc3ccccc13)[C@H]1C=C[C@H]2O1. The summed E-state index contributed by atoms with van der Waals surface area (Å²) in [4.78, 5) is 27.0. The lowest BCUT2D eigenvalue weighted by Crippen LogP contribution is -2.34. The zero-order valence-electron chi connectivity index (χ0n) is 11.7. The van der Waals surface area contributed by atoms with Crippen LogP contribution in [0.4, 0.5) is 5.69 Å². The van der Waals surface area contributed by atoms with Gasteiger partial charge in [-0.2, -0.15) is 0 Å². The predicted octanol–water partition coefficient (Wildman–Crippen LogP) is 2.28. The monoisotopic (exact) mass is 291 g/mol. The zero-order valence-corrected chi connectivity index (χ0v) is 11.7. The molecule has 22 heavy (non-hydrogen) atoms. The number of fused-ring (bicyclic) bond motifs is 6. The van der Waals surface area contributed by atoms with Crippen LogP contribution in [0.25, 0.3) is 10.8 Å². The van der Waals surface area contributed by atoms with Gasteiger partial charge >= 0.3 is 0 Å². The first-order chi connectivity index (χ1) is 10.8. The number of carbonyl (C=O) groups is 2. The minimum absolute atomic E-state index is 0.136. The molecule has 0 aliphatic carbocycles. The van der Waals surface area contributed by atoms with Crippen LogP contribution in [0.3, 0.4) is 0 Å². The number of hydrogen-bond acceptors (Lipinski definition) is 3. The largest absolute Gasteiger partial charge is 0.365 e. The fourth-order valence-electron chi connectivity index (χ4n) is 3.94. The summed E-state index contributed by atoms with van der Waals surface area (Å²) < 4.78 is 5.67. The predicted molar refractivity (Wildman–Crippen MR) is 81.2 cm³/mol. The van der Waals surface area contributed by atoms with Crippen molar-refractivity contribution in [3.05, 3.63) is 54.6 Å². The molecule has 3 heterocycles. The van der Waals surface area contributed by atoms with Crippen molar-refractivity contribution in [1.29, 1.82) is 0 Å². The van der Waals surface area contributed by atoms with Crippen LogP contribution in [-0.2, 0) is 14.3 Å². The second-order valence-electron chi connectivity index (χ2n) is 6.01. The summed E-state index contributed by atoms with van der Waals surface area (Å²) in [5.41, 5.74) is 0.682. The lowest BCUT2D eigenvalue weighted by molar-refractivity contribution is -0.124. The molecule has 0 aromatic heterocycles. The molecule has 108 valence electrons. The van der Waals surface area contributed by atoms with Crippen molar-refractivity contribution in [1.82, 2.24) is 0 Å². The topological polar surface area (TPSA) is 46.6 Å². The van der Waals surface area contributed by atoms with Crippen molar-refractivity contribution in [3.63, 3.8) is 0 Å². The fraction of sp³-hybridized carbons (Fsp3) is 0.222. The molecule has 2 aromatic carbocycles. The zero-order chi connectivity index (χ0) is 14.8. The Balaban J connectivity index is 1.67. The van der Waals surface area contributed by atoms with Gasteiger partial charge in [0.1, 0.15) is 0 Å². The molecule has 4 heteroatoms. The van der Waals surface area contributed by atoms with Gasteiger partial charge in [0.15, 0.2) is 0 Å². The molecule has 2 aromatic rings. The number of imide groups is 1. The van der Waals surface area contributed by atoms with E-state index in [9.17, 15) is 9.59 Å². The molecule has 2 fully saturated rings. The van der Waals surface area contributed by atoms with Gasteiger partial charge < -0.3 is 4.74 Å². The third-order valence-electron chi connectivity index (χ3n) is 4.92. The van der Waals surface area contributed by atoms with Gasteiger partial charge in [-0.3, -0.25) is 9.59 Å². The number of nitrogens with zero attached hydrogens (tertiary/aromatic N) is 1. The van der Waals surface area contributed by atoms with Gasteiger partial charge in [0.05, 0.1) is 29.7 Å². The number of ether oxygens (including phenoxy) is 1. The van der Waals surface area contributed by atoms with Crippen molar-refractivity contribution < 1.29 is 14.3 Å².